The van der Waals surface area contributed by atoms with Crippen molar-refractivity contribution in [2.24, 2.45) is 16.4 Å². The number of benzene rings is 1. The number of hydrazone groups is 1. The number of carbonyl (C=O) groups is 1. The number of carbonyl (C=O) groups excluding carboxylic acids is 1. The Morgan fingerprint density at radius 3 is 2.50 bits per heavy atom. The number of fused-ring (bicyclic) bond motifs is 2. The van der Waals surface area contributed by atoms with Crippen LogP contribution in [0.25, 0.3) is 0 Å². The fourth-order valence-corrected chi connectivity index (χ4v) is 4.64. The molecule has 0 fully saturated rings. The normalized spacial score (nSPS) is 29.7. The number of ketones is 1. The molecular formula is C21H28N4O. The summed E-state index contributed by atoms with van der Waals surface area (Å²) in [4.78, 5) is 15.2. The molecule has 0 spiro atoms. The molecule has 0 unspecified atom stereocenters. The fraction of sp³-hybridized carbons (Fsp3) is 0.524. The number of rotatable bonds is 2. The summed E-state index contributed by atoms with van der Waals surface area (Å²) in [6, 6.07) is 8.43. The van der Waals surface area contributed by atoms with Gasteiger partial charge in [0.2, 0.25) is 0 Å². The van der Waals surface area contributed by atoms with Crippen molar-refractivity contribution in [3.8, 4) is 0 Å². The van der Waals surface area contributed by atoms with Gasteiger partial charge in [-0.25, -0.2) is 0 Å². The van der Waals surface area contributed by atoms with Crippen molar-refractivity contribution in [1.82, 2.24) is 10.7 Å². The molecule has 3 atom stereocenters. The van der Waals surface area contributed by atoms with Gasteiger partial charge in [0.1, 0.15) is 6.17 Å². The van der Waals surface area contributed by atoms with E-state index in [2.05, 4.69) is 65.8 Å². The van der Waals surface area contributed by atoms with E-state index in [0.717, 1.165) is 29.0 Å². The number of hydrogen-bond donors (Lipinski definition) is 2. The third-order valence-electron chi connectivity index (χ3n) is 5.87. The van der Waals surface area contributed by atoms with E-state index in [0.29, 0.717) is 6.42 Å². The lowest BCUT2D eigenvalue weighted by molar-refractivity contribution is -0.118. The quantitative estimate of drug-likeness (QED) is 0.859. The Hall–Kier alpha value is -2.14. The van der Waals surface area contributed by atoms with Crippen molar-refractivity contribution in [2.75, 3.05) is 19.0 Å². The molecule has 0 aromatic heterocycles. The minimum absolute atomic E-state index is 0.0139. The second kappa shape index (κ2) is 5.95. The van der Waals surface area contributed by atoms with Gasteiger partial charge in [-0.15, -0.1) is 0 Å². The lowest BCUT2D eigenvalue weighted by Gasteiger charge is -2.43. The van der Waals surface area contributed by atoms with Gasteiger partial charge < -0.3 is 4.90 Å². The predicted molar refractivity (Wildman–Crippen MR) is 105 cm³/mol. The Bertz CT molecular complexity index is 804. The molecule has 4 rings (SSSR count). The molecule has 1 aromatic carbocycles. The van der Waals surface area contributed by atoms with Gasteiger partial charge in [0.25, 0.3) is 0 Å². The zero-order chi connectivity index (χ0) is 18.6. The van der Waals surface area contributed by atoms with Crippen LogP contribution in [0.15, 0.2) is 40.5 Å². The van der Waals surface area contributed by atoms with Crippen LogP contribution in [0.3, 0.4) is 0 Å². The first-order valence-corrected chi connectivity index (χ1v) is 9.36. The van der Waals surface area contributed by atoms with Crippen LogP contribution in [0.4, 0.5) is 5.69 Å². The van der Waals surface area contributed by atoms with Gasteiger partial charge in [-0.3, -0.25) is 15.5 Å². The molecule has 5 heteroatoms. The van der Waals surface area contributed by atoms with Gasteiger partial charge in [0.15, 0.2) is 5.78 Å². The molecule has 138 valence electrons. The van der Waals surface area contributed by atoms with Gasteiger partial charge in [-0.05, 0) is 42.0 Å². The summed E-state index contributed by atoms with van der Waals surface area (Å²) >= 11 is 0. The second-order valence-electron chi connectivity index (χ2n) is 8.80. The van der Waals surface area contributed by atoms with Crippen LogP contribution in [0.1, 0.15) is 45.2 Å². The van der Waals surface area contributed by atoms with E-state index in [-0.39, 0.29) is 29.3 Å². The number of anilines is 1. The molecule has 26 heavy (non-hydrogen) atoms. The van der Waals surface area contributed by atoms with Crippen molar-refractivity contribution < 1.29 is 4.79 Å². The van der Waals surface area contributed by atoms with Crippen LogP contribution in [0.5, 0.6) is 0 Å². The number of nitrogens with one attached hydrogen (secondary N) is 2. The maximum atomic E-state index is 13.1. The first-order valence-electron chi connectivity index (χ1n) is 9.36. The van der Waals surface area contributed by atoms with E-state index in [1.54, 1.807) is 0 Å². The molecule has 0 radical (unpaired) electrons. The topological polar surface area (TPSA) is 56.7 Å². The summed E-state index contributed by atoms with van der Waals surface area (Å²) in [5, 5.41) is 8.11. The van der Waals surface area contributed by atoms with E-state index in [4.69, 9.17) is 0 Å². The largest absolute Gasteiger partial charge is 0.378 e. The summed E-state index contributed by atoms with van der Waals surface area (Å²) in [5.41, 5.74) is 8.87. The number of hydrogen-bond acceptors (Lipinski definition) is 5. The minimum Gasteiger partial charge on any atom is -0.378 e. The highest BCUT2D eigenvalue weighted by Crippen LogP contribution is 2.47. The Kier molecular flexibility index (Phi) is 3.95. The van der Waals surface area contributed by atoms with Gasteiger partial charge in [0.05, 0.1) is 12.0 Å². The average molecular weight is 352 g/mol. The van der Waals surface area contributed by atoms with Crippen molar-refractivity contribution in [3.63, 3.8) is 0 Å². The van der Waals surface area contributed by atoms with E-state index in [1.807, 2.05) is 14.1 Å². The first kappa shape index (κ1) is 17.3. The Morgan fingerprint density at radius 2 is 1.85 bits per heavy atom. The molecule has 1 aliphatic carbocycles. The lowest BCUT2D eigenvalue weighted by Crippen LogP contribution is -2.52. The van der Waals surface area contributed by atoms with Gasteiger partial charge >= 0.3 is 0 Å². The van der Waals surface area contributed by atoms with Gasteiger partial charge in [0, 0.05) is 37.5 Å². The Labute approximate surface area is 155 Å². The molecule has 5 nitrogen and oxygen atoms in total. The summed E-state index contributed by atoms with van der Waals surface area (Å²) in [6.07, 6.45) is 1.63. The van der Waals surface area contributed by atoms with Crippen molar-refractivity contribution in [2.45, 2.75) is 45.8 Å². The van der Waals surface area contributed by atoms with Gasteiger partial charge in [-0.2, -0.15) is 5.10 Å². The standard InChI is InChI=1S/C21H28N4O/c1-12-17-15-10-21(2,3)11-16(26)18(15)19(22-20(17)24-23-12)13-6-8-14(9-7-13)25(4)5/h6-9,17,19-20,22,24H,10-11H2,1-5H3/t17-,19+,20-/m0/s1. The highest BCUT2D eigenvalue weighted by atomic mass is 16.1. The molecule has 2 heterocycles. The summed E-state index contributed by atoms with van der Waals surface area (Å²) in [5.74, 6) is 0.467. The minimum atomic E-state index is -0.0698. The zero-order valence-electron chi connectivity index (χ0n) is 16.3. The summed E-state index contributed by atoms with van der Waals surface area (Å²) in [7, 11) is 4.07. The molecule has 2 aliphatic heterocycles. The zero-order valence-corrected chi connectivity index (χ0v) is 16.3. The van der Waals surface area contributed by atoms with Crippen molar-refractivity contribution in [3.05, 3.63) is 41.0 Å². The monoisotopic (exact) mass is 352 g/mol. The van der Waals surface area contributed by atoms with Crippen LogP contribution in [-0.2, 0) is 4.79 Å². The molecular weight excluding hydrogens is 324 g/mol. The van der Waals surface area contributed by atoms with E-state index < -0.39 is 0 Å². The van der Waals surface area contributed by atoms with Crippen molar-refractivity contribution in [1.29, 1.82) is 0 Å². The van der Waals surface area contributed by atoms with E-state index in [9.17, 15) is 4.79 Å². The van der Waals surface area contributed by atoms with E-state index in [1.165, 1.54) is 5.57 Å². The molecule has 0 bridgehead atoms. The lowest BCUT2D eigenvalue weighted by atomic mass is 9.66. The molecule has 3 aliphatic rings. The maximum Gasteiger partial charge on any atom is 0.161 e. The highest BCUT2D eigenvalue weighted by molar-refractivity contribution is 6.01. The third-order valence-corrected chi connectivity index (χ3v) is 5.87. The SMILES string of the molecule is CC1=NN[C@@H]2N[C@H](c3ccc(N(C)C)cc3)C3=C(CC(C)(C)CC3=O)[C@H]12. The van der Waals surface area contributed by atoms with Crippen LogP contribution in [-0.4, -0.2) is 31.8 Å². The first-order chi connectivity index (χ1) is 12.3. The average Bonchev–Trinajstić information content (AvgIpc) is 2.94. The smallest absolute Gasteiger partial charge is 0.161 e. The van der Waals surface area contributed by atoms with Crippen LogP contribution < -0.4 is 15.6 Å². The van der Waals surface area contributed by atoms with Crippen LogP contribution in [0, 0.1) is 11.3 Å². The second-order valence-corrected chi connectivity index (χ2v) is 8.80. The number of nitrogens with zero attached hydrogens (tertiary/aromatic N) is 2. The summed E-state index contributed by atoms with van der Waals surface area (Å²) in [6.45, 7) is 6.45. The molecule has 0 saturated carbocycles. The highest BCUT2D eigenvalue weighted by Gasteiger charge is 2.47. The maximum absolute atomic E-state index is 13.1. The van der Waals surface area contributed by atoms with Crippen LogP contribution in [0.2, 0.25) is 0 Å². The molecule has 2 N–H and O–H groups in total. The Balaban J connectivity index is 1.79. The summed E-state index contributed by atoms with van der Waals surface area (Å²) < 4.78 is 0. The van der Waals surface area contributed by atoms with Crippen LogP contribution >= 0.6 is 0 Å². The van der Waals surface area contributed by atoms with E-state index >= 15 is 0 Å². The predicted octanol–water partition coefficient (Wildman–Crippen LogP) is 3.00. The molecule has 0 saturated heterocycles. The molecule has 0 amide bonds. The third kappa shape index (κ3) is 2.75. The van der Waals surface area contributed by atoms with Crippen molar-refractivity contribution >= 4 is 17.2 Å². The number of Topliss-reactive ketones (excluding diaryl/α,β-unsaturated/α-hetero) is 1. The fourth-order valence-electron chi connectivity index (χ4n) is 4.64. The Morgan fingerprint density at radius 1 is 1.15 bits per heavy atom. The molecule has 1 aromatic rings. The van der Waals surface area contributed by atoms with Gasteiger partial charge in [-0.1, -0.05) is 26.0 Å².